The normalized spacial score (nSPS) is 30.8. The van der Waals surface area contributed by atoms with Crippen LogP contribution in [0.5, 0.6) is 0 Å². The molecule has 3 nitrogen and oxygen atoms in total. The van der Waals surface area contributed by atoms with E-state index < -0.39 is 9.84 Å². The molecule has 16 heavy (non-hydrogen) atoms. The number of sulfone groups is 1. The minimum Gasteiger partial charge on any atom is -0.313 e. The SMILES string of the molecule is CCC1CCC(NCCS(=O)(=O)CC)C1C. The summed E-state index contributed by atoms with van der Waals surface area (Å²) in [5.41, 5.74) is 0. The Hall–Kier alpha value is -0.0900. The van der Waals surface area contributed by atoms with Crippen LogP contribution in [0.4, 0.5) is 0 Å². The summed E-state index contributed by atoms with van der Waals surface area (Å²) in [6.45, 7) is 6.85. The average Bonchev–Trinajstić information content (AvgIpc) is 2.60. The van der Waals surface area contributed by atoms with Crippen molar-refractivity contribution in [3.63, 3.8) is 0 Å². The zero-order chi connectivity index (χ0) is 12.2. The van der Waals surface area contributed by atoms with Crippen LogP contribution >= 0.6 is 0 Å². The summed E-state index contributed by atoms with van der Waals surface area (Å²) in [6.07, 6.45) is 3.73. The quantitative estimate of drug-likeness (QED) is 0.779. The van der Waals surface area contributed by atoms with E-state index in [1.54, 1.807) is 6.92 Å². The molecule has 4 heteroatoms. The average molecular weight is 247 g/mol. The largest absolute Gasteiger partial charge is 0.313 e. The molecular weight excluding hydrogens is 222 g/mol. The lowest BCUT2D eigenvalue weighted by molar-refractivity contribution is 0.349. The van der Waals surface area contributed by atoms with Crippen LogP contribution in [0.25, 0.3) is 0 Å². The molecule has 1 aliphatic carbocycles. The number of hydrogen-bond acceptors (Lipinski definition) is 3. The smallest absolute Gasteiger partial charge is 0.151 e. The Morgan fingerprint density at radius 3 is 2.44 bits per heavy atom. The summed E-state index contributed by atoms with van der Waals surface area (Å²) in [5, 5.41) is 3.41. The number of nitrogens with one attached hydrogen (secondary N) is 1. The maximum atomic E-state index is 11.3. The van der Waals surface area contributed by atoms with Gasteiger partial charge in [0.1, 0.15) is 0 Å². The molecule has 1 rings (SSSR count). The molecule has 0 bridgehead atoms. The monoisotopic (exact) mass is 247 g/mol. The molecule has 1 N–H and O–H groups in total. The molecule has 0 saturated heterocycles. The molecule has 1 aliphatic rings. The van der Waals surface area contributed by atoms with Crippen LogP contribution in [-0.4, -0.2) is 32.5 Å². The lowest BCUT2D eigenvalue weighted by Crippen LogP contribution is -2.36. The first-order valence-corrected chi connectivity index (χ1v) is 8.26. The maximum Gasteiger partial charge on any atom is 0.151 e. The zero-order valence-electron chi connectivity index (χ0n) is 10.7. The number of rotatable bonds is 6. The van der Waals surface area contributed by atoms with Crippen LogP contribution < -0.4 is 5.32 Å². The molecule has 0 aromatic carbocycles. The van der Waals surface area contributed by atoms with Gasteiger partial charge in [0.25, 0.3) is 0 Å². The van der Waals surface area contributed by atoms with Crippen molar-refractivity contribution in [3.05, 3.63) is 0 Å². The first-order valence-electron chi connectivity index (χ1n) is 6.44. The van der Waals surface area contributed by atoms with Crippen molar-refractivity contribution < 1.29 is 8.42 Å². The van der Waals surface area contributed by atoms with Crippen LogP contribution in [0.2, 0.25) is 0 Å². The second-order valence-electron chi connectivity index (χ2n) is 4.90. The summed E-state index contributed by atoms with van der Waals surface area (Å²) in [5.74, 6) is 2.05. The van der Waals surface area contributed by atoms with Crippen molar-refractivity contribution >= 4 is 9.84 Å². The van der Waals surface area contributed by atoms with Gasteiger partial charge >= 0.3 is 0 Å². The number of hydrogen-bond donors (Lipinski definition) is 1. The highest BCUT2D eigenvalue weighted by Crippen LogP contribution is 2.33. The van der Waals surface area contributed by atoms with Crippen molar-refractivity contribution in [2.45, 2.75) is 46.1 Å². The van der Waals surface area contributed by atoms with Gasteiger partial charge in [-0.2, -0.15) is 0 Å². The topological polar surface area (TPSA) is 46.2 Å². The van der Waals surface area contributed by atoms with Gasteiger partial charge in [0.05, 0.1) is 5.75 Å². The Labute approximate surface area is 99.9 Å². The lowest BCUT2D eigenvalue weighted by atomic mass is 9.93. The Kier molecular flexibility index (Phi) is 5.25. The van der Waals surface area contributed by atoms with Gasteiger partial charge in [-0.05, 0) is 24.7 Å². The Bertz CT molecular complexity index is 300. The van der Waals surface area contributed by atoms with Crippen molar-refractivity contribution in [2.24, 2.45) is 11.8 Å². The summed E-state index contributed by atoms with van der Waals surface area (Å²) in [7, 11) is -2.81. The summed E-state index contributed by atoms with van der Waals surface area (Å²) in [4.78, 5) is 0. The van der Waals surface area contributed by atoms with E-state index in [4.69, 9.17) is 0 Å². The van der Waals surface area contributed by atoms with Crippen LogP contribution in [-0.2, 0) is 9.84 Å². The molecule has 0 amide bonds. The van der Waals surface area contributed by atoms with Gasteiger partial charge in [0.15, 0.2) is 9.84 Å². The van der Waals surface area contributed by atoms with Gasteiger partial charge in [-0.15, -0.1) is 0 Å². The van der Waals surface area contributed by atoms with E-state index in [1.165, 1.54) is 19.3 Å². The fourth-order valence-corrected chi connectivity index (χ4v) is 3.37. The van der Waals surface area contributed by atoms with Gasteiger partial charge in [-0.25, -0.2) is 8.42 Å². The molecule has 0 aliphatic heterocycles. The maximum absolute atomic E-state index is 11.3. The molecule has 3 unspecified atom stereocenters. The van der Waals surface area contributed by atoms with Gasteiger partial charge < -0.3 is 5.32 Å². The van der Waals surface area contributed by atoms with E-state index in [2.05, 4.69) is 19.2 Å². The third-order valence-corrected chi connectivity index (χ3v) is 5.72. The lowest BCUT2D eigenvalue weighted by Gasteiger charge is -2.20. The molecule has 3 atom stereocenters. The fraction of sp³-hybridized carbons (Fsp3) is 1.00. The third-order valence-electron chi connectivity index (χ3n) is 4.01. The van der Waals surface area contributed by atoms with E-state index in [9.17, 15) is 8.42 Å². The molecule has 0 spiro atoms. The predicted molar refractivity (Wildman–Crippen MR) is 68.3 cm³/mol. The first kappa shape index (κ1) is 14.0. The summed E-state index contributed by atoms with van der Waals surface area (Å²) in [6, 6.07) is 0.525. The van der Waals surface area contributed by atoms with Crippen LogP contribution in [0.1, 0.15) is 40.0 Å². The minimum absolute atomic E-state index is 0.256. The minimum atomic E-state index is -2.81. The standard InChI is InChI=1S/C12H25NO2S/c1-4-11-6-7-12(10(11)3)13-8-9-16(14,15)5-2/h10-13H,4-9H2,1-3H3. The van der Waals surface area contributed by atoms with Crippen molar-refractivity contribution in [1.82, 2.24) is 5.32 Å². The summed E-state index contributed by atoms with van der Waals surface area (Å²) < 4.78 is 22.7. The first-order chi connectivity index (χ1) is 7.50. The van der Waals surface area contributed by atoms with E-state index >= 15 is 0 Å². The van der Waals surface area contributed by atoms with Crippen molar-refractivity contribution in [2.75, 3.05) is 18.1 Å². The Morgan fingerprint density at radius 1 is 1.25 bits per heavy atom. The molecule has 0 aromatic rings. The van der Waals surface area contributed by atoms with Crippen molar-refractivity contribution in [3.8, 4) is 0 Å². The van der Waals surface area contributed by atoms with E-state index in [-0.39, 0.29) is 11.5 Å². The molecule has 1 saturated carbocycles. The Balaban J connectivity index is 2.29. The van der Waals surface area contributed by atoms with Gasteiger partial charge in [-0.3, -0.25) is 0 Å². The van der Waals surface area contributed by atoms with E-state index in [1.807, 2.05) is 0 Å². The zero-order valence-corrected chi connectivity index (χ0v) is 11.5. The molecule has 0 heterocycles. The highest BCUT2D eigenvalue weighted by Gasteiger charge is 2.30. The third kappa shape index (κ3) is 3.74. The van der Waals surface area contributed by atoms with Crippen LogP contribution in [0.15, 0.2) is 0 Å². The predicted octanol–water partition coefficient (Wildman–Crippen LogP) is 1.84. The van der Waals surface area contributed by atoms with Crippen LogP contribution in [0, 0.1) is 11.8 Å². The Morgan fingerprint density at radius 2 is 1.94 bits per heavy atom. The molecule has 0 aromatic heterocycles. The van der Waals surface area contributed by atoms with Gasteiger partial charge in [0.2, 0.25) is 0 Å². The van der Waals surface area contributed by atoms with Gasteiger partial charge in [0, 0.05) is 18.3 Å². The van der Waals surface area contributed by atoms with Crippen molar-refractivity contribution in [1.29, 1.82) is 0 Å². The van der Waals surface area contributed by atoms with E-state index in [0.717, 1.165) is 5.92 Å². The summed E-state index contributed by atoms with van der Waals surface area (Å²) >= 11 is 0. The second kappa shape index (κ2) is 6.01. The molecule has 96 valence electrons. The van der Waals surface area contributed by atoms with Gasteiger partial charge in [-0.1, -0.05) is 27.2 Å². The highest BCUT2D eigenvalue weighted by atomic mass is 32.2. The fourth-order valence-electron chi connectivity index (χ4n) is 2.66. The molecule has 1 fully saturated rings. The van der Waals surface area contributed by atoms with E-state index in [0.29, 0.717) is 18.5 Å². The molecular formula is C12H25NO2S. The second-order valence-corrected chi connectivity index (χ2v) is 7.37. The van der Waals surface area contributed by atoms with Crippen LogP contribution in [0.3, 0.4) is 0 Å². The highest BCUT2D eigenvalue weighted by molar-refractivity contribution is 7.91. The molecule has 0 radical (unpaired) electrons.